The summed E-state index contributed by atoms with van der Waals surface area (Å²) in [7, 11) is 0. The van der Waals surface area contributed by atoms with Crippen molar-refractivity contribution in [2.24, 2.45) is 5.92 Å². The molecule has 3 aliphatic rings. The van der Waals surface area contributed by atoms with Crippen LogP contribution in [0.15, 0.2) is 108 Å². The molecule has 3 aromatic carbocycles. The van der Waals surface area contributed by atoms with Crippen molar-refractivity contribution in [1.82, 2.24) is 4.98 Å². The van der Waals surface area contributed by atoms with Crippen LogP contribution in [0.1, 0.15) is 31.8 Å². The summed E-state index contributed by atoms with van der Waals surface area (Å²) in [6.07, 6.45) is 7.09. The van der Waals surface area contributed by atoms with Gasteiger partial charge in [-0.2, -0.15) is 0 Å². The number of halogens is 1. The molecule has 1 saturated heterocycles. The molecule has 0 aliphatic carbocycles. The predicted molar refractivity (Wildman–Crippen MR) is 153 cm³/mol. The second-order valence-electron chi connectivity index (χ2n) is 10.0. The van der Waals surface area contributed by atoms with Crippen LogP contribution in [0.5, 0.6) is 0 Å². The minimum absolute atomic E-state index is 0.209. The standard InChI is InChI=1S/C32H22BrN3O3/c33-22-12-9-20(10-13-22)30(38)28-27(29(37)21-15-17-34-18-16-21)32(23-6-2-3-7-24(23)35-31(32)39)26-14-11-19-5-1-4-8-25(19)36(26)28/h1-18,26-28H,(H,35,39)/t26-,27-,28+,32+/m0/s1. The second-order valence-corrected chi connectivity index (χ2v) is 10.9. The van der Waals surface area contributed by atoms with E-state index in [4.69, 9.17) is 0 Å². The van der Waals surface area contributed by atoms with Crippen molar-refractivity contribution in [2.45, 2.75) is 17.5 Å². The van der Waals surface area contributed by atoms with Crippen LogP contribution in [0.3, 0.4) is 0 Å². The highest BCUT2D eigenvalue weighted by molar-refractivity contribution is 9.10. The molecule has 4 aromatic rings. The van der Waals surface area contributed by atoms with E-state index in [0.29, 0.717) is 16.8 Å². The fourth-order valence-electron chi connectivity index (χ4n) is 6.60. The van der Waals surface area contributed by atoms with Crippen molar-refractivity contribution in [3.63, 3.8) is 0 Å². The van der Waals surface area contributed by atoms with Crippen molar-refractivity contribution in [1.29, 1.82) is 0 Å². The Morgan fingerprint density at radius 1 is 0.846 bits per heavy atom. The summed E-state index contributed by atoms with van der Waals surface area (Å²) in [6, 6.07) is 24.3. The Bertz CT molecular complexity index is 1680. The number of nitrogens with one attached hydrogen (secondary N) is 1. The van der Waals surface area contributed by atoms with Gasteiger partial charge in [-0.15, -0.1) is 0 Å². The third-order valence-electron chi connectivity index (χ3n) is 8.19. The first-order valence-electron chi connectivity index (χ1n) is 12.7. The van der Waals surface area contributed by atoms with Gasteiger partial charge in [0.1, 0.15) is 11.5 Å². The summed E-state index contributed by atoms with van der Waals surface area (Å²) < 4.78 is 0.847. The lowest BCUT2D eigenvalue weighted by atomic mass is 9.64. The maximum Gasteiger partial charge on any atom is 0.238 e. The van der Waals surface area contributed by atoms with Gasteiger partial charge in [0, 0.05) is 39.4 Å². The summed E-state index contributed by atoms with van der Waals surface area (Å²) in [4.78, 5) is 49.5. The van der Waals surface area contributed by atoms with Crippen LogP contribution in [-0.2, 0) is 10.2 Å². The highest BCUT2D eigenvalue weighted by Crippen LogP contribution is 2.58. The number of anilines is 2. The highest BCUT2D eigenvalue weighted by Gasteiger charge is 2.70. The lowest BCUT2D eigenvalue weighted by Gasteiger charge is -2.37. The van der Waals surface area contributed by atoms with Crippen molar-refractivity contribution < 1.29 is 14.4 Å². The molecule has 0 saturated carbocycles. The van der Waals surface area contributed by atoms with Crippen molar-refractivity contribution in [3.8, 4) is 0 Å². The summed E-state index contributed by atoms with van der Waals surface area (Å²) >= 11 is 3.45. The van der Waals surface area contributed by atoms with Gasteiger partial charge in [0.15, 0.2) is 11.6 Å². The molecule has 0 unspecified atom stereocenters. The Kier molecular flexibility index (Phi) is 5.39. The Hall–Kier alpha value is -4.36. The third-order valence-corrected chi connectivity index (χ3v) is 8.72. The number of ketones is 2. The maximum absolute atomic E-state index is 14.6. The molecule has 1 spiro atoms. The predicted octanol–water partition coefficient (Wildman–Crippen LogP) is 5.70. The van der Waals surface area contributed by atoms with Crippen LogP contribution >= 0.6 is 15.9 Å². The number of nitrogens with zero attached hydrogens (tertiary/aromatic N) is 2. The molecule has 1 amide bonds. The van der Waals surface area contributed by atoms with Gasteiger partial charge in [0.25, 0.3) is 0 Å². The summed E-state index contributed by atoms with van der Waals surface area (Å²) in [6.45, 7) is 0. The largest absolute Gasteiger partial charge is 0.352 e. The average Bonchev–Trinajstić information content (AvgIpc) is 3.45. The van der Waals surface area contributed by atoms with Gasteiger partial charge in [0.2, 0.25) is 5.91 Å². The van der Waals surface area contributed by atoms with E-state index >= 15 is 0 Å². The van der Waals surface area contributed by atoms with Crippen LogP contribution in [0, 0.1) is 5.92 Å². The second kappa shape index (κ2) is 8.85. The van der Waals surface area contributed by atoms with E-state index in [0.717, 1.165) is 21.3 Å². The molecule has 6 nitrogen and oxygen atoms in total. The summed E-state index contributed by atoms with van der Waals surface area (Å²) in [5.41, 5.74) is 2.72. The Balaban J connectivity index is 1.54. The normalized spacial score (nSPS) is 24.2. The molecule has 1 aromatic heterocycles. The SMILES string of the molecule is O=C(c1ccncc1)[C@@H]1[C@H](C(=O)c2ccc(Br)cc2)N2c3ccccc3C=C[C@H]2[C@@]12C(=O)Nc1ccccc12. The van der Waals surface area contributed by atoms with E-state index in [1.54, 1.807) is 36.7 Å². The van der Waals surface area contributed by atoms with E-state index in [2.05, 4.69) is 26.2 Å². The van der Waals surface area contributed by atoms with Gasteiger partial charge in [-0.1, -0.05) is 76.6 Å². The van der Waals surface area contributed by atoms with Crippen molar-refractivity contribution in [3.05, 3.63) is 130 Å². The van der Waals surface area contributed by atoms with Crippen molar-refractivity contribution in [2.75, 3.05) is 10.2 Å². The van der Waals surface area contributed by atoms with Gasteiger partial charge in [0.05, 0.1) is 12.0 Å². The number of fused-ring (bicyclic) bond motifs is 6. The third kappa shape index (κ3) is 3.32. The molecule has 7 heteroatoms. The Morgan fingerprint density at radius 2 is 1.54 bits per heavy atom. The molecule has 1 fully saturated rings. The number of hydrogen-bond donors (Lipinski definition) is 1. The molecule has 1 N–H and O–H groups in total. The molecular formula is C32H22BrN3O3. The lowest BCUT2D eigenvalue weighted by molar-refractivity contribution is -0.121. The lowest BCUT2D eigenvalue weighted by Crippen LogP contribution is -2.51. The molecule has 4 heterocycles. The van der Waals surface area contributed by atoms with Crippen LogP contribution < -0.4 is 10.2 Å². The first-order valence-corrected chi connectivity index (χ1v) is 13.5. The zero-order chi connectivity index (χ0) is 26.7. The van der Waals surface area contributed by atoms with Crippen molar-refractivity contribution >= 4 is 50.9 Å². The molecule has 190 valence electrons. The number of rotatable bonds is 4. The van der Waals surface area contributed by atoms with Crippen LogP contribution in [0.2, 0.25) is 0 Å². The number of benzene rings is 3. The number of carbonyl (C=O) groups is 3. The molecule has 7 rings (SSSR count). The molecule has 3 aliphatic heterocycles. The number of para-hydroxylation sites is 2. The van der Waals surface area contributed by atoms with Gasteiger partial charge < -0.3 is 10.2 Å². The molecule has 0 bridgehead atoms. The maximum atomic E-state index is 14.6. The van der Waals surface area contributed by atoms with E-state index in [1.807, 2.05) is 77.7 Å². The molecule has 4 atom stereocenters. The van der Waals surface area contributed by atoms with Crippen LogP contribution in [-0.4, -0.2) is 34.5 Å². The number of Topliss-reactive ketones (excluding diaryl/α,β-unsaturated/α-hetero) is 2. The number of amides is 1. The van der Waals surface area contributed by atoms with Gasteiger partial charge in [-0.05, 0) is 47.5 Å². The molecular weight excluding hydrogens is 554 g/mol. The smallest absolute Gasteiger partial charge is 0.238 e. The first kappa shape index (κ1) is 23.7. The average molecular weight is 576 g/mol. The number of hydrogen-bond acceptors (Lipinski definition) is 5. The van der Waals surface area contributed by atoms with Crippen LogP contribution in [0.4, 0.5) is 11.4 Å². The van der Waals surface area contributed by atoms with Gasteiger partial charge in [-0.3, -0.25) is 19.4 Å². The number of aromatic nitrogens is 1. The highest BCUT2D eigenvalue weighted by atomic mass is 79.9. The van der Waals surface area contributed by atoms with Gasteiger partial charge >= 0.3 is 0 Å². The number of carbonyl (C=O) groups excluding carboxylic acids is 3. The Labute approximate surface area is 233 Å². The van der Waals surface area contributed by atoms with E-state index in [-0.39, 0.29) is 17.5 Å². The van der Waals surface area contributed by atoms with E-state index in [9.17, 15) is 14.4 Å². The first-order chi connectivity index (χ1) is 19.0. The molecule has 39 heavy (non-hydrogen) atoms. The monoisotopic (exact) mass is 575 g/mol. The molecule has 0 radical (unpaired) electrons. The number of pyridine rings is 1. The topological polar surface area (TPSA) is 79.4 Å². The summed E-state index contributed by atoms with van der Waals surface area (Å²) in [5.74, 6) is -1.75. The quantitative estimate of drug-likeness (QED) is 0.316. The van der Waals surface area contributed by atoms with Gasteiger partial charge in [-0.25, -0.2) is 0 Å². The van der Waals surface area contributed by atoms with E-state index < -0.39 is 23.4 Å². The van der Waals surface area contributed by atoms with Crippen LogP contribution in [0.25, 0.3) is 6.08 Å². The minimum atomic E-state index is -1.32. The Morgan fingerprint density at radius 3 is 2.33 bits per heavy atom. The fourth-order valence-corrected chi connectivity index (χ4v) is 6.86. The fraction of sp³-hybridized carbons (Fsp3) is 0.125. The van der Waals surface area contributed by atoms with E-state index in [1.165, 1.54) is 0 Å². The summed E-state index contributed by atoms with van der Waals surface area (Å²) in [5, 5.41) is 3.05. The zero-order valence-electron chi connectivity index (χ0n) is 20.6. The zero-order valence-corrected chi connectivity index (χ0v) is 22.2. The minimum Gasteiger partial charge on any atom is -0.352 e.